The lowest BCUT2D eigenvalue weighted by molar-refractivity contribution is -0.141. The van der Waals surface area contributed by atoms with E-state index in [9.17, 15) is 13.5 Å². The Morgan fingerprint density at radius 1 is 1.10 bits per heavy atom. The number of methoxy groups -OCH3 is 1. The zero-order valence-corrected chi connectivity index (χ0v) is 17.9. The highest BCUT2D eigenvalue weighted by Gasteiger charge is 2.31. The van der Waals surface area contributed by atoms with E-state index in [1.54, 1.807) is 19.1 Å². The first-order chi connectivity index (χ1) is 13.8. The number of aliphatic hydroxyl groups excluding tert-OH is 1. The molecule has 2 aromatic rings. The average Bonchev–Trinajstić information content (AvgIpc) is 2.73. The molecule has 0 heterocycles. The van der Waals surface area contributed by atoms with E-state index in [0.29, 0.717) is 18.6 Å². The molecule has 3 unspecified atom stereocenters. The molecule has 0 aromatic heterocycles. The summed E-state index contributed by atoms with van der Waals surface area (Å²) in [5, 5.41) is 10.6. The molecule has 0 aliphatic rings. The minimum Gasteiger partial charge on any atom is -0.497 e. The van der Waals surface area contributed by atoms with Crippen LogP contribution in [-0.2, 0) is 21.3 Å². The van der Waals surface area contributed by atoms with Gasteiger partial charge in [0.1, 0.15) is 5.75 Å². The molecule has 0 aliphatic carbocycles. The van der Waals surface area contributed by atoms with Gasteiger partial charge in [0.05, 0.1) is 30.8 Å². The highest BCUT2D eigenvalue weighted by atomic mass is 32.2. The van der Waals surface area contributed by atoms with Gasteiger partial charge in [0.25, 0.3) is 10.0 Å². The van der Waals surface area contributed by atoms with Crippen molar-refractivity contribution in [1.82, 2.24) is 4.47 Å². The van der Waals surface area contributed by atoms with Crippen molar-refractivity contribution in [2.45, 2.75) is 49.8 Å². The summed E-state index contributed by atoms with van der Waals surface area (Å²) in [6.07, 6.45) is -0.421. The van der Waals surface area contributed by atoms with Gasteiger partial charge in [-0.15, -0.1) is 0 Å². The molecule has 29 heavy (non-hydrogen) atoms. The van der Waals surface area contributed by atoms with E-state index >= 15 is 0 Å². The molecule has 0 saturated heterocycles. The number of aliphatic hydroxyl groups is 1. The Balaban J connectivity index is 2.19. The lowest BCUT2D eigenvalue weighted by atomic mass is 10.0. The summed E-state index contributed by atoms with van der Waals surface area (Å²) in [6, 6.07) is 14.9. The second-order valence-electron chi connectivity index (χ2n) is 6.91. The summed E-state index contributed by atoms with van der Waals surface area (Å²) in [4.78, 5) is 5.69. The zero-order valence-electron chi connectivity index (χ0n) is 17.1. The number of ether oxygens (including phenoxy) is 1. The number of sulfonamides is 1. The molecule has 3 N–H and O–H groups in total. The number of hydrogen-bond donors (Lipinski definition) is 2. The van der Waals surface area contributed by atoms with Gasteiger partial charge in [-0.25, -0.2) is 8.42 Å². The molecular weight excluding hydrogens is 392 g/mol. The highest BCUT2D eigenvalue weighted by molar-refractivity contribution is 7.89. The number of benzene rings is 2. The van der Waals surface area contributed by atoms with Crippen LogP contribution < -0.4 is 10.5 Å². The Morgan fingerprint density at radius 3 is 2.28 bits per heavy atom. The molecule has 0 saturated carbocycles. The molecule has 7 nitrogen and oxygen atoms in total. The van der Waals surface area contributed by atoms with Crippen LogP contribution in [0.4, 0.5) is 0 Å². The molecule has 160 valence electrons. The van der Waals surface area contributed by atoms with Crippen LogP contribution in [0, 0.1) is 0 Å². The number of nitrogens with zero attached hydrogens (tertiary/aromatic N) is 1. The summed E-state index contributed by atoms with van der Waals surface area (Å²) < 4.78 is 32.1. The van der Waals surface area contributed by atoms with Gasteiger partial charge in [-0.3, -0.25) is 4.84 Å². The molecule has 8 heteroatoms. The largest absolute Gasteiger partial charge is 0.497 e. The molecule has 0 aliphatic heterocycles. The van der Waals surface area contributed by atoms with Gasteiger partial charge in [0.15, 0.2) is 0 Å². The molecule has 2 rings (SSSR count). The van der Waals surface area contributed by atoms with Crippen molar-refractivity contribution >= 4 is 10.0 Å². The van der Waals surface area contributed by atoms with E-state index in [1.165, 1.54) is 19.2 Å². The lowest BCUT2D eigenvalue weighted by Crippen LogP contribution is -2.47. The van der Waals surface area contributed by atoms with Crippen LogP contribution >= 0.6 is 0 Å². The normalized spacial score (nSPS) is 15.1. The van der Waals surface area contributed by atoms with Crippen molar-refractivity contribution in [3.63, 3.8) is 0 Å². The maximum absolute atomic E-state index is 13.1. The summed E-state index contributed by atoms with van der Waals surface area (Å²) in [5.41, 5.74) is 7.10. The van der Waals surface area contributed by atoms with Gasteiger partial charge in [-0.1, -0.05) is 41.7 Å². The molecule has 0 bridgehead atoms. The standard InChI is InChI=1S/C21H30N2O5S/c1-4-16(2)28-23(29(25,26)19-12-10-18(27-3)11-13-19)15-21(24)20(22)14-17-8-6-5-7-9-17/h5-13,16,20-21,24H,4,14-15,22H2,1-3H3. The monoisotopic (exact) mass is 422 g/mol. The molecule has 3 atom stereocenters. The average molecular weight is 423 g/mol. The van der Waals surface area contributed by atoms with Crippen molar-refractivity contribution in [3.8, 4) is 5.75 Å². The first-order valence-corrected chi connectivity index (χ1v) is 11.0. The van der Waals surface area contributed by atoms with Crippen molar-refractivity contribution in [2.75, 3.05) is 13.7 Å². The van der Waals surface area contributed by atoms with E-state index in [4.69, 9.17) is 15.3 Å². The van der Waals surface area contributed by atoms with Gasteiger partial charge in [-0.05, 0) is 49.6 Å². The fourth-order valence-electron chi connectivity index (χ4n) is 2.65. The maximum Gasteiger partial charge on any atom is 0.265 e. The van der Waals surface area contributed by atoms with E-state index in [2.05, 4.69) is 0 Å². The highest BCUT2D eigenvalue weighted by Crippen LogP contribution is 2.22. The number of hydroxylamine groups is 1. The minimum absolute atomic E-state index is 0.0467. The summed E-state index contributed by atoms with van der Waals surface area (Å²) >= 11 is 0. The molecule has 0 fully saturated rings. The summed E-state index contributed by atoms with van der Waals surface area (Å²) in [7, 11) is -2.49. The van der Waals surface area contributed by atoms with Crippen LogP contribution in [0.3, 0.4) is 0 Å². The predicted octanol–water partition coefficient (Wildman–Crippen LogP) is 2.35. The quantitative estimate of drug-likeness (QED) is 0.539. The van der Waals surface area contributed by atoms with Gasteiger partial charge < -0.3 is 15.6 Å². The Morgan fingerprint density at radius 2 is 1.72 bits per heavy atom. The van der Waals surface area contributed by atoms with Gasteiger partial charge >= 0.3 is 0 Å². The van der Waals surface area contributed by atoms with Crippen LogP contribution in [0.2, 0.25) is 0 Å². The van der Waals surface area contributed by atoms with Crippen molar-refractivity contribution in [3.05, 3.63) is 60.2 Å². The maximum atomic E-state index is 13.1. The van der Waals surface area contributed by atoms with Crippen LogP contribution in [0.1, 0.15) is 25.8 Å². The van der Waals surface area contributed by atoms with Crippen LogP contribution in [0.5, 0.6) is 5.75 Å². The van der Waals surface area contributed by atoms with E-state index in [-0.39, 0.29) is 17.5 Å². The van der Waals surface area contributed by atoms with E-state index < -0.39 is 22.2 Å². The first-order valence-electron chi connectivity index (χ1n) is 9.59. The molecular formula is C21H30N2O5S. The molecule has 0 amide bonds. The third-order valence-electron chi connectivity index (χ3n) is 4.64. The summed E-state index contributed by atoms with van der Waals surface area (Å²) in [6.45, 7) is 3.39. The molecule has 2 aromatic carbocycles. The second-order valence-corrected chi connectivity index (χ2v) is 8.74. The van der Waals surface area contributed by atoms with Crippen molar-refractivity contribution < 1.29 is 23.1 Å². The molecule has 0 spiro atoms. The van der Waals surface area contributed by atoms with Crippen LogP contribution in [-0.4, -0.2) is 49.9 Å². The Kier molecular flexibility index (Phi) is 8.60. The third-order valence-corrected chi connectivity index (χ3v) is 6.28. The SMILES string of the molecule is CCC(C)ON(CC(O)C(N)Cc1ccccc1)S(=O)(=O)c1ccc(OC)cc1. The smallest absolute Gasteiger partial charge is 0.265 e. The fraction of sp³-hybridized carbons (Fsp3) is 0.429. The lowest BCUT2D eigenvalue weighted by Gasteiger charge is -2.28. The second kappa shape index (κ2) is 10.7. The number of rotatable bonds is 11. The Labute approximate surface area is 173 Å². The minimum atomic E-state index is -3.99. The number of hydrogen-bond acceptors (Lipinski definition) is 6. The summed E-state index contributed by atoms with van der Waals surface area (Å²) in [5.74, 6) is 0.545. The van der Waals surface area contributed by atoms with Gasteiger partial charge in [0.2, 0.25) is 0 Å². The van der Waals surface area contributed by atoms with Gasteiger partial charge in [-0.2, -0.15) is 0 Å². The van der Waals surface area contributed by atoms with Gasteiger partial charge in [0, 0.05) is 6.04 Å². The number of nitrogens with two attached hydrogens (primary N) is 1. The fourth-order valence-corrected chi connectivity index (χ4v) is 3.97. The Bertz CT molecular complexity index is 843. The van der Waals surface area contributed by atoms with Crippen LogP contribution in [0.25, 0.3) is 0 Å². The predicted molar refractivity (Wildman–Crippen MR) is 112 cm³/mol. The Hall–Kier alpha value is -1.97. The molecule has 0 radical (unpaired) electrons. The van der Waals surface area contributed by atoms with Crippen molar-refractivity contribution in [2.24, 2.45) is 5.73 Å². The first kappa shape index (κ1) is 23.3. The zero-order chi connectivity index (χ0) is 21.4. The van der Waals surface area contributed by atoms with E-state index in [0.717, 1.165) is 10.0 Å². The van der Waals surface area contributed by atoms with Crippen LogP contribution in [0.15, 0.2) is 59.5 Å². The third kappa shape index (κ3) is 6.52. The topological polar surface area (TPSA) is 102 Å². The van der Waals surface area contributed by atoms with E-state index in [1.807, 2.05) is 37.3 Å². The van der Waals surface area contributed by atoms with Crippen molar-refractivity contribution in [1.29, 1.82) is 0 Å².